The first-order valence-electron chi connectivity index (χ1n) is 8.38. The van der Waals surface area contributed by atoms with Gasteiger partial charge in [-0.05, 0) is 47.9 Å². The van der Waals surface area contributed by atoms with E-state index in [9.17, 15) is 0 Å². The van der Waals surface area contributed by atoms with Gasteiger partial charge in [-0.15, -0.1) is 24.0 Å². The third-order valence-corrected chi connectivity index (χ3v) is 4.10. The maximum Gasteiger partial charge on any atom is 0.191 e. The van der Waals surface area contributed by atoms with Crippen LogP contribution in [0.25, 0.3) is 5.82 Å². The molecule has 2 aromatic heterocycles. The van der Waals surface area contributed by atoms with Crippen LogP contribution in [0, 0.1) is 0 Å². The van der Waals surface area contributed by atoms with Gasteiger partial charge in [-0.25, -0.2) is 9.67 Å². The molecule has 0 radical (unpaired) electrons. The van der Waals surface area contributed by atoms with E-state index in [2.05, 4.69) is 25.7 Å². The summed E-state index contributed by atoms with van der Waals surface area (Å²) in [7, 11) is 1.76. The van der Waals surface area contributed by atoms with Crippen LogP contribution in [0.1, 0.15) is 11.1 Å². The molecule has 0 aliphatic heterocycles. The lowest BCUT2D eigenvalue weighted by Crippen LogP contribution is -2.37. The Morgan fingerprint density at radius 1 is 1.11 bits per heavy atom. The van der Waals surface area contributed by atoms with E-state index in [-0.39, 0.29) is 24.0 Å². The van der Waals surface area contributed by atoms with Crippen LogP contribution in [0.3, 0.4) is 0 Å². The third-order valence-electron chi connectivity index (χ3n) is 3.85. The van der Waals surface area contributed by atoms with E-state index in [0.717, 1.165) is 35.3 Å². The Labute approximate surface area is 181 Å². The number of nitrogens with one attached hydrogen (secondary N) is 2. The Balaban J connectivity index is 0.00000261. The molecule has 0 spiro atoms. The van der Waals surface area contributed by atoms with Crippen molar-refractivity contribution in [2.24, 2.45) is 4.99 Å². The number of nitrogens with zero attached hydrogens (tertiary/aromatic N) is 4. The van der Waals surface area contributed by atoms with Crippen molar-refractivity contribution in [1.29, 1.82) is 0 Å². The highest BCUT2D eigenvalue weighted by molar-refractivity contribution is 14.0. The van der Waals surface area contributed by atoms with Crippen molar-refractivity contribution in [2.75, 3.05) is 13.6 Å². The molecule has 0 aliphatic rings. The molecule has 1 aromatic carbocycles. The van der Waals surface area contributed by atoms with E-state index in [4.69, 9.17) is 11.6 Å². The summed E-state index contributed by atoms with van der Waals surface area (Å²) in [6, 6.07) is 13.7. The van der Waals surface area contributed by atoms with Crippen LogP contribution in [0.4, 0.5) is 0 Å². The van der Waals surface area contributed by atoms with Gasteiger partial charge in [0.15, 0.2) is 11.8 Å². The number of aromatic nitrogens is 3. The van der Waals surface area contributed by atoms with Gasteiger partial charge >= 0.3 is 0 Å². The molecule has 3 aromatic rings. The number of halogens is 2. The lowest BCUT2D eigenvalue weighted by Gasteiger charge is -2.12. The molecule has 0 atom stereocenters. The molecule has 0 saturated heterocycles. The minimum Gasteiger partial charge on any atom is -0.356 e. The molecule has 2 N–H and O–H groups in total. The van der Waals surface area contributed by atoms with Crippen LogP contribution in [0.15, 0.2) is 66.0 Å². The maximum absolute atomic E-state index is 5.91. The standard InChI is InChI=1S/C19H21ClN6.HI/c1-21-19(23-11-7-15-3-5-17(20)6-4-15)24-14-16-8-10-22-18(13-16)26-12-2-9-25-26;/h2-6,8-10,12-13H,7,11,14H2,1H3,(H2,21,23,24);1H. The van der Waals surface area contributed by atoms with Gasteiger partial charge in [-0.1, -0.05) is 23.7 Å². The number of aliphatic imine (C=N–C) groups is 1. The smallest absolute Gasteiger partial charge is 0.191 e. The lowest BCUT2D eigenvalue weighted by atomic mass is 10.1. The van der Waals surface area contributed by atoms with Crippen molar-refractivity contribution in [3.63, 3.8) is 0 Å². The summed E-state index contributed by atoms with van der Waals surface area (Å²) in [5.41, 5.74) is 2.33. The molecule has 0 saturated carbocycles. The second-order valence-corrected chi connectivity index (χ2v) is 6.14. The largest absolute Gasteiger partial charge is 0.356 e. The quantitative estimate of drug-likeness (QED) is 0.312. The van der Waals surface area contributed by atoms with E-state index in [1.165, 1.54) is 5.56 Å². The van der Waals surface area contributed by atoms with E-state index in [0.29, 0.717) is 6.54 Å². The molecule has 27 heavy (non-hydrogen) atoms. The molecule has 0 amide bonds. The van der Waals surface area contributed by atoms with Gasteiger partial charge in [-0.2, -0.15) is 5.10 Å². The summed E-state index contributed by atoms with van der Waals surface area (Å²) in [5.74, 6) is 1.55. The van der Waals surface area contributed by atoms with Gasteiger partial charge in [0.2, 0.25) is 0 Å². The van der Waals surface area contributed by atoms with Crippen molar-refractivity contribution < 1.29 is 0 Å². The molecule has 0 fully saturated rings. The minimum atomic E-state index is 0. The predicted molar refractivity (Wildman–Crippen MR) is 120 cm³/mol. The SMILES string of the molecule is CN=C(NCCc1ccc(Cl)cc1)NCc1ccnc(-n2cccn2)c1.I. The summed E-state index contributed by atoms with van der Waals surface area (Å²) in [4.78, 5) is 8.60. The lowest BCUT2D eigenvalue weighted by molar-refractivity contribution is 0.789. The second-order valence-electron chi connectivity index (χ2n) is 5.70. The van der Waals surface area contributed by atoms with Crippen molar-refractivity contribution in [3.8, 4) is 5.82 Å². The number of benzene rings is 1. The number of rotatable bonds is 6. The first kappa shape index (κ1) is 21.2. The predicted octanol–water partition coefficient (Wildman–Crippen LogP) is 3.45. The highest BCUT2D eigenvalue weighted by atomic mass is 127. The van der Waals surface area contributed by atoms with E-state index in [1.807, 2.05) is 48.7 Å². The monoisotopic (exact) mass is 496 g/mol. The molecule has 0 aliphatic carbocycles. The van der Waals surface area contributed by atoms with Crippen LogP contribution in [0.5, 0.6) is 0 Å². The van der Waals surface area contributed by atoms with Crippen molar-refractivity contribution in [1.82, 2.24) is 25.4 Å². The van der Waals surface area contributed by atoms with E-state index >= 15 is 0 Å². The van der Waals surface area contributed by atoms with Crippen molar-refractivity contribution >= 4 is 41.5 Å². The average Bonchev–Trinajstić information content (AvgIpc) is 3.21. The zero-order chi connectivity index (χ0) is 18.2. The van der Waals surface area contributed by atoms with Crippen LogP contribution in [-0.4, -0.2) is 34.3 Å². The minimum absolute atomic E-state index is 0. The van der Waals surface area contributed by atoms with Crippen molar-refractivity contribution in [3.05, 3.63) is 77.2 Å². The Morgan fingerprint density at radius 3 is 2.63 bits per heavy atom. The fraction of sp³-hybridized carbons (Fsp3) is 0.211. The second kappa shape index (κ2) is 10.9. The molecular formula is C19H22ClIN6. The highest BCUT2D eigenvalue weighted by Crippen LogP contribution is 2.09. The topological polar surface area (TPSA) is 67.1 Å². The maximum atomic E-state index is 5.91. The summed E-state index contributed by atoms with van der Waals surface area (Å²) in [6.07, 6.45) is 6.29. The first-order valence-corrected chi connectivity index (χ1v) is 8.76. The zero-order valence-corrected chi connectivity index (χ0v) is 18.1. The molecular weight excluding hydrogens is 475 g/mol. The third kappa shape index (κ3) is 6.51. The van der Waals surface area contributed by atoms with Gasteiger partial charge in [0, 0.05) is 43.8 Å². The molecule has 0 unspecified atom stereocenters. The molecule has 142 valence electrons. The normalized spacial score (nSPS) is 11.0. The summed E-state index contributed by atoms with van der Waals surface area (Å²) >= 11 is 5.91. The number of hydrogen-bond acceptors (Lipinski definition) is 3. The van der Waals surface area contributed by atoms with Crippen LogP contribution < -0.4 is 10.6 Å². The highest BCUT2D eigenvalue weighted by Gasteiger charge is 2.02. The first-order chi connectivity index (χ1) is 12.7. The average molecular weight is 497 g/mol. The van der Waals surface area contributed by atoms with Crippen LogP contribution >= 0.6 is 35.6 Å². The van der Waals surface area contributed by atoms with Gasteiger partial charge < -0.3 is 10.6 Å². The summed E-state index contributed by atoms with van der Waals surface area (Å²) < 4.78 is 1.74. The summed E-state index contributed by atoms with van der Waals surface area (Å²) in [5, 5.41) is 11.6. The van der Waals surface area contributed by atoms with Crippen molar-refractivity contribution in [2.45, 2.75) is 13.0 Å². The Morgan fingerprint density at radius 2 is 1.93 bits per heavy atom. The van der Waals surface area contributed by atoms with Gasteiger partial charge in [-0.3, -0.25) is 4.99 Å². The zero-order valence-electron chi connectivity index (χ0n) is 15.0. The number of pyridine rings is 1. The van der Waals surface area contributed by atoms with Crippen LogP contribution in [0.2, 0.25) is 5.02 Å². The van der Waals surface area contributed by atoms with Gasteiger partial charge in [0.1, 0.15) is 0 Å². The van der Waals surface area contributed by atoms with Gasteiger partial charge in [0.25, 0.3) is 0 Å². The molecule has 8 heteroatoms. The molecule has 6 nitrogen and oxygen atoms in total. The fourth-order valence-electron chi connectivity index (χ4n) is 2.48. The molecule has 0 bridgehead atoms. The number of hydrogen-bond donors (Lipinski definition) is 2. The van der Waals surface area contributed by atoms with Gasteiger partial charge in [0.05, 0.1) is 0 Å². The molecule has 3 rings (SSSR count). The van der Waals surface area contributed by atoms with E-state index in [1.54, 1.807) is 24.1 Å². The Bertz CT molecular complexity index is 849. The Kier molecular flexibility index (Phi) is 8.53. The van der Waals surface area contributed by atoms with Crippen LogP contribution in [-0.2, 0) is 13.0 Å². The summed E-state index contributed by atoms with van der Waals surface area (Å²) in [6.45, 7) is 1.44. The molecule has 2 heterocycles. The Hall–Kier alpha value is -2.13. The number of guanidine groups is 1. The fourth-order valence-corrected chi connectivity index (χ4v) is 2.61. The van der Waals surface area contributed by atoms with E-state index < -0.39 is 0 Å².